The Morgan fingerprint density at radius 2 is 2.33 bits per heavy atom. The molecule has 0 spiro atoms. The van der Waals surface area contributed by atoms with Crippen molar-refractivity contribution >= 4 is 23.0 Å². The molecule has 0 aliphatic heterocycles. The molecule has 0 aliphatic rings. The maximum absolute atomic E-state index is 4.92. The smallest absolute Gasteiger partial charge is 0.167 e. The van der Waals surface area contributed by atoms with Crippen LogP contribution in [0.1, 0.15) is 12.6 Å². The zero-order chi connectivity index (χ0) is 11.1. The Labute approximate surface area is 94.8 Å². The molecular formula is C10H14N4S. The van der Waals surface area contributed by atoms with Gasteiger partial charge in [0, 0.05) is 13.2 Å². The van der Waals surface area contributed by atoms with Crippen LogP contribution in [-0.4, -0.2) is 29.5 Å². The average Bonchev–Trinajstić information content (AvgIpc) is 2.29. The molecule has 0 unspecified atom stereocenters. The summed E-state index contributed by atoms with van der Waals surface area (Å²) in [7, 11) is 1.77. The molecule has 0 aromatic carbocycles. The molecule has 0 saturated heterocycles. The number of nitrogens with one attached hydrogen (secondary N) is 2. The molecule has 0 aliphatic carbocycles. The molecule has 4 nitrogen and oxygen atoms in total. The van der Waals surface area contributed by atoms with Gasteiger partial charge < -0.3 is 10.6 Å². The van der Waals surface area contributed by atoms with Crippen LogP contribution in [0, 0.1) is 0 Å². The van der Waals surface area contributed by atoms with Crippen molar-refractivity contribution in [2.45, 2.75) is 6.92 Å². The summed E-state index contributed by atoms with van der Waals surface area (Å²) in [4.78, 5) is 8.49. The fourth-order valence-electron chi connectivity index (χ4n) is 0.976. The number of aliphatic imine (C=N–C) groups is 1. The van der Waals surface area contributed by atoms with Crippen molar-refractivity contribution in [3.8, 4) is 0 Å². The third kappa shape index (κ3) is 4.03. The van der Waals surface area contributed by atoms with E-state index in [1.165, 1.54) is 0 Å². The molecular weight excluding hydrogens is 208 g/mol. The lowest BCUT2D eigenvalue weighted by Gasteiger charge is -2.04. The molecule has 0 radical (unpaired) electrons. The van der Waals surface area contributed by atoms with Gasteiger partial charge in [0.05, 0.1) is 11.4 Å². The number of hydrogen-bond donors (Lipinski definition) is 2. The van der Waals surface area contributed by atoms with Crippen molar-refractivity contribution < 1.29 is 0 Å². The second-order valence-corrected chi connectivity index (χ2v) is 3.28. The van der Waals surface area contributed by atoms with Gasteiger partial charge in [-0.2, -0.15) is 0 Å². The third-order valence-electron chi connectivity index (χ3n) is 1.82. The van der Waals surface area contributed by atoms with E-state index in [4.69, 9.17) is 12.2 Å². The molecule has 2 N–H and O–H groups in total. The standard InChI is InChI=1S/C10H14N4S/c1-8(9-5-3-4-6-12-9)13-7-14-10(15)11-2/h3-6H,7H2,1-2H3,(H2,11,14,15)/b13-8+. The van der Waals surface area contributed by atoms with Gasteiger partial charge in [-0.25, -0.2) is 0 Å². The fraction of sp³-hybridized carbons (Fsp3) is 0.300. The zero-order valence-electron chi connectivity index (χ0n) is 8.82. The lowest BCUT2D eigenvalue weighted by atomic mass is 10.2. The molecule has 0 bridgehead atoms. The maximum Gasteiger partial charge on any atom is 0.167 e. The van der Waals surface area contributed by atoms with Crippen LogP contribution in [0.4, 0.5) is 0 Å². The summed E-state index contributed by atoms with van der Waals surface area (Å²) in [6, 6.07) is 5.74. The van der Waals surface area contributed by atoms with Crippen LogP contribution in [-0.2, 0) is 0 Å². The molecule has 0 atom stereocenters. The Hall–Kier alpha value is -1.49. The molecule has 0 amide bonds. The van der Waals surface area contributed by atoms with Crippen molar-refractivity contribution in [1.29, 1.82) is 0 Å². The summed E-state index contributed by atoms with van der Waals surface area (Å²) in [5.41, 5.74) is 1.77. The minimum Gasteiger partial charge on any atom is -0.366 e. The van der Waals surface area contributed by atoms with Crippen LogP contribution < -0.4 is 10.6 Å². The summed E-state index contributed by atoms with van der Waals surface area (Å²) in [5.74, 6) is 0. The van der Waals surface area contributed by atoms with E-state index in [1.54, 1.807) is 13.2 Å². The third-order valence-corrected chi connectivity index (χ3v) is 2.17. The second-order valence-electron chi connectivity index (χ2n) is 2.87. The molecule has 0 saturated carbocycles. The summed E-state index contributed by atoms with van der Waals surface area (Å²) in [6.07, 6.45) is 1.75. The van der Waals surface area contributed by atoms with Crippen LogP contribution in [0.15, 0.2) is 29.4 Å². The lowest BCUT2D eigenvalue weighted by Crippen LogP contribution is -2.32. The van der Waals surface area contributed by atoms with Gasteiger partial charge >= 0.3 is 0 Å². The predicted molar refractivity (Wildman–Crippen MR) is 66.1 cm³/mol. The Morgan fingerprint density at radius 3 is 2.93 bits per heavy atom. The van der Waals surface area contributed by atoms with E-state index in [9.17, 15) is 0 Å². The van der Waals surface area contributed by atoms with E-state index in [0.717, 1.165) is 11.4 Å². The number of thiocarbonyl (C=S) groups is 1. The van der Waals surface area contributed by atoms with E-state index in [1.807, 2.05) is 25.1 Å². The highest BCUT2D eigenvalue weighted by molar-refractivity contribution is 7.80. The number of pyridine rings is 1. The second kappa shape index (κ2) is 6.08. The Kier molecular flexibility index (Phi) is 4.70. The van der Waals surface area contributed by atoms with Crippen molar-refractivity contribution in [3.05, 3.63) is 30.1 Å². The predicted octanol–water partition coefficient (Wildman–Crippen LogP) is 0.942. The Balaban J connectivity index is 2.50. The SMILES string of the molecule is CNC(=S)NC/N=C(\C)c1ccccn1. The number of rotatable bonds is 3. The fourth-order valence-corrected chi connectivity index (χ4v) is 1.04. The van der Waals surface area contributed by atoms with Crippen molar-refractivity contribution in [1.82, 2.24) is 15.6 Å². The topological polar surface area (TPSA) is 49.3 Å². The first-order valence-electron chi connectivity index (χ1n) is 4.62. The van der Waals surface area contributed by atoms with E-state index >= 15 is 0 Å². The van der Waals surface area contributed by atoms with E-state index in [-0.39, 0.29) is 0 Å². The number of nitrogens with zero attached hydrogens (tertiary/aromatic N) is 2. The van der Waals surface area contributed by atoms with Crippen LogP contribution in [0.2, 0.25) is 0 Å². The molecule has 1 rings (SSSR count). The molecule has 0 fully saturated rings. The lowest BCUT2D eigenvalue weighted by molar-refractivity contribution is 0.901. The summed E-state index contributed by atoms with van der Waals surface area (Å²) >= 11 is 4.92. The van der Waals surface area contributed by atoms with Gasteiger partial charge in [-0.05, 0) is 31.3 Å². The van der Waals surface area contributed by atoms with E-state index < -0.39 is 0 Å². The summed E-state index contributed by atoms with van der Waals surface area (Å²) < 4.78 is 0. The van der Waals surface area contributed by atoms with Gasteiger partial charge in [0.2, 0.25) is 0 Å². The highest BCUT2D eigenvalue weighted by Crippen LogP contribution is 1.95. The molecule has 1 aromatic heterocycles. The van der Waals surface area contributed by atoms with Crippen molar-refractivity contribution in [2.75, 3.05) is 13.7 Å². The quantitative estimate of drug-likeness (QED) is 0.590. The van der Waals surface area contributed by atoms with Crippen LogP contribution in [0.3, 0.4) is 0 Å². The van der Waals surface area contributed by atoms with Gasteiger partial charge in [-0.1, -0.05) is 6.07 Å². The first kappa shape index (κ1) is 11.6. The maximum atomic E-state index is 4.92. The first-order chi connectivity index (χ1) is 7.24. The zero-order valence-corrected chi connectivity index (χ0v) is 9.64. The van der Waals surface area contributed by atoms with Crippen LogP contribution in [0.5, 0.6) is 0 Å². The Morgan fingerprint density at radius 1 is 1.53 bits per heavy atom. The number of aromatic nitrogens is 1. The summed E-state index contributed by atoms with van der Waals surface area (Å²) in [6.45, 7) is 2.38. The molecule has 80 valence electrons. The van der Waals surface area contributed by atoms with Gasteiger partial charge in [-0.3, -0.25) is 9.98 Å². The molecule has 1 heterocycles. The van der Waals surface area contributed by atoms with E-state index in [2.05, 4.69) is 20.6 Å². The van der Waals surface area contributed by atoms with Crippen LogP contribution in [0.25, 0.3) is 0 Å². The molecule has 15 heavy (non-hydrogen) atoms. The van der Waals surface area contributed by atoms with Crippen LogP contribution >= 0.6 is 12.2 Å². The first-order valence-corrected chi connectivity index (χ1v) is 5.03. The summed E-state index contributed by atoms with van der Waals surface area (Å²) in [5, 5.41) is 6.34. The van der Waals surface area contributed by atoms with Gasteiger partial charge in [-0.15, -0.1) is 0 Å². The molecule has 1 aromatic rings. The largest absolute Gasteiger partial charge is 0.366 e. The van der Waals surface area contributed by atoms with Gasteiger partial charge in [0.25, 0.3) is 0 Å². The average molecular weight is 222 g/mol. The van der Waals surface area contributed by atoms with Gasteiger partial charge in [0.15, 0.2) is 5.11 Å². The Bertz CT molecular complexity index is 348. The van der Waals surface area contributed by atoms with Crippen molar-refractivity contribution in [3.63, 3.8) is 0 Å². The monoisotopic (exact) mass is 222 g/mol. The van der Waals surface area contributed by atoms with Crippen molar-refractivity contribution in [2.24, 2.45) is 4.99 Å². The highest BCUT2D eigenvalue weighted by atomic mass is 32.1. The normalized spacial score (nSPS) is 10.9. The molecule has 5 heteroatoms. The van der Waals surface area contributed by atoms with Gasteiger partial charge in [0.1, 0.15) is 6.67 Å². The minimum atomic E-state index is 0.460. The minimum absolute atomic E-state index is 0.460. The highest BCUT2D eigenvalue weighted by Gasteiger charge is 1.96. The van der Waals surface area contributed by atoms with E-state index in [0.29, 0.717) is 11.8 Å². The number of hydrogen-bond acceptors (Lipinski definition) is 3.